The predicted molar refractivity (Wildman–Crippen MR) is 69.4 cm³/mol. The van der Waals surface area contributed by atoms with Gasteiger partial charge in [-0.2, -0.15) is 0 Å². The van der Waals surface area contributed by atoms with E-state index in [9.17, 15) is 8.78 Å². The van der Waals surface area contributed by atoms with Gasteiger partial charge < -0.3 is 10.1 Å². The van der Waals surface area contributed by atoms with E-state index in [2.05, 4.69) is 5.32 Å². The third-order valence-electron chi connectivity index (χ3n) is 3.44. The second-order valence-corrected chi connectivity index (χ2v) is 4.56. The minimum atomic E-state index is -0.822. The zero-order valence-electron chi connectivity index (χ0n) is 10.4. The summed E-state index contributed by atoms with van der Waals surface area (Å²) in [6, 6.07) is 9.71. The van der Waals surface area contributed by atoms with E-state index >= 15 is 0 Å². The van der Waals surface area contributed by atoms with Gasteiger partial charge in [0, 0.05) is 17.7 Å². The fourth-order valence-corrected chi connectivity index (χ4v) is 2.48. The van der Waals surface area contributed by atoms with Crippen molar-refractivity contribution in [2.24, 2.45) is 0 Å². The lowest BCUT2D eigenvalue weighted by Crippen LogP contribution is -2.06. The van der Waals surface area contributed by atoms with Crippen molar-refractivity contribution in [1.82, 2.24) is 0 Å². The maximum Gasteiger partial charge on any atom is 0.159 e. The highest BCUT2D eigenvalue weighted by Gasteiger charge is 2.25. The van der Waals surface area contributed by atoms with E-state index in [1.807, 2.05) is 18.2 Å². The Morgan fingerprint density at radius 3 is 2.74 bits per heavy atom. The van der Waals surface area contributed by atoms with Crippen LogP contribution in [0, 0.1) is 11.6 Å². The third-order valence-corrected chi connectivity index (χ3v) is 3.44. The van der Waals surface area contributed by atoms with Crippen molar-refractivity contribution in [3.05, 3.63) is 59.2 Å². The standard InChI is InChI=1S/C15H13F2NO/c1-19-15-4-2-3-13-10(15)8-14(18-13)9-5-6-11(16)12(17)7-9/h2-7,14,18H,8H2,1H3. The first kappa shape index (κ1) is 12.0. The highest BCUT2D eigenvalue weighted by molar-refractivity contribution is 5.63. The number of nitrogens with one attached hydrogen (secondary N) is 1. The first-order chi connectivity index (χ1) is 9.19. The molecular formula is C15H13F2NO. The highest BCUT2D eigenvalue weighted by atomic mass is 19.2. The summed E-state index contributed by atoms with van der Waals surface area (Å²) in [5, 5.41) is 3.30. The largest absolute Gasteiger partial charge is 0.496 e. The lowest BCUT2D eigenvalue weighted by atomic mass is 10.0. The Morgan fingerprint density at radius 2 is 2.00 bits per heavy atom. The molecule has 3 rings (SSSR count). The van der Waals surface area contributed by atoms with Crippen LogP contribution in [0.25, 0.3) is 0 Å². The summed E-state index contributed by atoms with van der Waals surface area (Å²) in [7, 11) is 1.63. The van der Waals surface area contributed by atoms with Gasteiger partial charge in [0.15, 0.2) is 11.6 Å². The number of ether oxygens (including phenoxy) is 1. The van der Waals surface area contributed by atoms with Crippen LogP contribution in [-0.4, -0.2) is 7.11 Å². The summed E-state index contributed by atoms with van der Waals surface area (Å²) in [6.45, 7) is 0. The molecule has 2 nitrogen and oxygen atoms in total. The average molecular weight is 261 g/mol. The van der Waals surface area contributed by atoms with Crippen molar-refractivity contribution in [3.8, 4) is 5.75 Å². The first-order valence-corrected chi connectivity index (χ1v) is 6.06. The van der Waals surface area contributed by atoms with Crippen LogP contribution in [0.15, 0.2) is 36.4 Å². The van der Waals surface area contributed by atoms with Crippen LogP contribution in [0.2, 0.25) is 0 Å². The van der Waals surface area contributed by atoms with E-state index in [1.165, 1.54) is 6.07 Å². The molecule has 1 heterocycles. The molecule has 1 aliphatic rings. The van der Waals surface area contributed by atoms with Crippen LogP contribution < -0.4 is 10.1 Å². The van der Waals surface area contributed by atoms with Gasteiger partial charge in [0.25, 0.3) is 0 Å². The number of methoxy groups -OCH3 is 1. The van der Waals surface area contributed by atoms with Crippen molar-refractivity contribution >= 4 is 5.69 Å². The summed E-state index contributed by atoms with van der Waals surface area (Å²) < 4.78 is 31.5. The number of rotatable bonds is 2. The minimum Gasteiger partial charge on any atom is -0.496 e. The number of hydrogen-bond acceptors (Lipinski definition) is 2. The zero-order chi connectivity index (χ0) is 13.4. The molecule has 1 aliphatic heterocycles. The van der Waals surface area contributed by atoms with E-state index in [1.54, 1.807) is 13.2 Å². The number of fused-ring (bicyclic) bond motifs is 1. The monoisotopic (exact) mass is 261 g/mol. The summed E-state index contributed by atoms with van der Waals surface area (Å²) in [5.74, 6) is -0.825. The number of benzene rings is 2. The van der Waals surface area contributed by atoms with Crippen molar-refractivity contribution in [3.63, 3.8) is 0 Å². The zero-order valence-corrected chi connectivity index (χ0v) is 10.4. The van der Waals surface area contributed by atoms with Gasteiger partial charge in [0.1, 0.15) is 5.75 Å². The molecule has 1 N–H and O–H groups in total. The van der Waals surface area contributed by atoms with Gasteiger partial charge in [-0.15, -0.1) is 0 Å². The molecule has 0 bridgehead atoms. The first-order valence-electron chi connectivity index (χ1n) is 6.06. The maximum absolute atomic E-state index is 13.3. The molecule has 1 atom stereocenters. The van der Waals surface area contributed by atoms with Crippen LogP contribution >= 0.6 is 0 Å². The summed E-state index contributed by atoms with van der Waals surface area (Å²) >= 11 is 0. The van der Waals surface area contributed by atoms with Crippen LogP contribution in [0.5, 0.6) is 5.75 Å². The van der Waals surface area contributed by atoms with Gasteiger partial charge in [-0.3, -0.25) is 0 Å². The lowest BCUT2D eigenvalue weighted by Gasteiger charge is -2.11. The molecule has 0 aliphatic carbocycles. The van der Waals surface area contributed by atoms with Gasteiger partial charge in [-0.25, -0.2) is 8.78 Å². The summed E-state index contributed by atoms with van der Waals surface area (Å²) in [4.78, 5) is 0. The molecule has 0 aromatic heterocycles. The molecule has 2 aromatic rings. The molecule has 2 aromatic carbocycles. The van der Waals surface area contributed by atoms with Crippen molar-refractivity contribution in [2.45, 2.75) is 12.5 Å². The number of anilines is 1. The fourth-order valence-electron chi connectivity index (χ4n) is 2.48. The molecule has 0 saturated carbocycles. The van der Waals surface area contributed by atoms with E-state index in [-0.39, 0.29) is 6.04 Å². The smallest absolute Gasteiger partial charge is 0.159 e. The van der Waals surface area contributed by atoms with Gasteiger partial charge in [0.2, 0.25) is 0 Å². The Kier molecular flexibility index (Phi) is 2.85. The van der Waals surface area contributed by atoms with Crippen LogP contribution in [0.4, 0.5) is 14.5 Å². The second-order valence-electron chi connectivity index (χ2n) is 4.56. The lowest BCUT2D eigenvalue weighted by molar-refractivity contribution is 0.410. The third kappa shape index (κ3) is 2.03. The molecular weight excluding hydrogens is 248 g/mol. The van der Waals surface area contributed by atoms with E-state index in [0.717, 1.165) is 28.6 Å². The molecule has 1 unspecified atom stereocenters. The second kappa shape index (κ2) is 4.53. The van der Waals surface area contributed by atoms with Crippen LogP contribution in [-0.2, 0) is 6.42 Å². The van der Waals surface area contributed by atoms with Gasteiger partial charge >= 0.3 is 0 Å². The van der Waals surface area contributed by atoms with Crippen molar-refractivity contribution < 1.29 is 13.5 Å². The fraction of sp³-hybridized carbons (Fsp3) is 0.200. The number of halogens is 2. The SMILES string of the molecule is COc1cccc2c1CC(c1ccc(F)c(F)c1)N2. The Bertz CT molecular complexity index is 628. The van der Waals surface area contributed by atoms with Gasteiger partial charge in [0.05, 0.1) is 13.2 Å². The maximum atomic E-state index is 13.3. The summed E-state index contributed by atoms with van der Waals surface area (Å²) in [5.41, 5.74) is 2.78. The molecule has 0 spiro atoms. The minimum absolute atomic E-state index is 0.0543. The van der Waals surface area contributed by atoms with Gasteiger partial charge in [-0.05, 0) is 29.8 Å². The Morgan fingerprint density at radius 1 is 1.16 bits per heavy atom. The number of hydrogen-bond donors (Lipinski definition) is 1. The molecule has 19 heavy (non-hydrogen) atoms. The van der Waals surface area contributed by atoms with Crippen LogP contribution in [0.3, 0.4) is 0 Å². The van der Waals surface area contributed by atoms with E-state index < -0.39 is 11.6 Å². The van der Waals surface area contributed by atoms with Crippen molar-refractivity contribution in [2.75, 3.05) is 12.4 Å². The molecule has 0 fully saturated rings. The quantitative estimate of drug-likeness (QED) is 0.890. The Hall–Kier alpha value is -2.10. The molecule has 0 saturated heterocycles. The topological polar surface area (TPSA) is 21.3 Å². The predicted octanol–water partition coefficient (Wildman–Crippen LogP) is 3.68. The molecule has 4 heteroatoms. The van der Waals surface area contributed by atoms with Gasteiger partial charge in [-0.1, -0.05) is 12.1 Å². The molecule has 0 radical (unpaired) electrons. The summed E-state index contributed by atoms with van der Waals surface area (Å²) in [6.07, 6.45) is 0.699. The molecule has 0 amide bonds. The normalized spacial score (nSPS) is 16.9. The van der Waals surface area contributed by atoms with E-state index in [0.29, 0.717) is 6.42 Å². The van der Waals surface area contributed by atoms with Crippen LogP contribution in [0.1, 0.15) is 17.2 Å². The van der Waals surface area contributed by atoms with Crippen molar-refractivity contribution in [1.29, 1.82) is 0 Å². The highest BCUT2D eigenvalue weighted by Crippen LogP contribution is 2.39. The van der Waals surface area contributed by atoms with E-state index in [4.69, 9.17) is 4.74 Å². The molecule has 98 valence electrons. The average Bonchev–Trinajstić information content (AvgIpc) is 2.85. The Balaban J connectivity index is 1.93. The Labute approximate surface area is 110 Å².